The molecule has 7 heteroatoms. The molecule has 25 heavy (non-hydrogen) atoms. The van der Waals surface area contributed by atoms with Crippen LogP contribution in [0.5, 0.6) is 11.5 Å². The molecule has 0 heterocycles. The molecule has 128 valence electrons. The first-order valence-electron chi connectivity index (χ1n) is 7.33. The molecule has 0 unspecified atom stereocenters. The van der Waals surface area contributed by atoms with Gasteiger partial charge in [0.25, 0.3) is 0 Å². The van der Waals surface area contributed by atoms with Gasteiger partial charge in [-0.3, -0.25) is 4.79 Å². The summed E-state index contributed by atoms with van der Waals surface area (Å²) < 4.78 is 11.1. The predicted octanol–water partition coefficient (Wildman–Crippen LogP) is 3.27. The van der Waals surface area contributed by atoms with Gasteiger partial charge in [-0.2, -0.15) is 10.4 Å². The highest BCUT2D eigenvalue weighted by atomic mass is 35.5. The Morgan fingerprint density at radius 3 is 2.84 bits per heavy atom. The third-order valence-electron chi connectivity index (χ3n) is 3.20. The standard InChI is InChI=1S/C18H16ClN3O3/c1-12(23)22-21-10-13-7-16(19)18(17(8-13)24-2)25-11-15-6-4-3-5-14(15)9-20/h3-8,10H,11H2,1-2H3,(H,22,23)/b21-10-. The number of carbonyl (C=O) groups excluding carboxylic acids is 1. The Morgan fingerprint density at radius 1 is 1.40 bits per heavy atom. The molecule has 0 spiro atoms. The molecule has 2 aromatic carbocycles. The van der Waals surface area contributed by atoms with Gasteiger partial charge in [0, 0.05) is 12.5 Å². The zero-order valence-corrected chi connectivity index (χ0v) is 14.5. The number of benzene rings is 2. The van der Waals surface area contributed by atoms with Gasteiger partial charge >= 0.3 is 0 Å². The van der Waals surface area contributed by atoms with E-state index in [4.69, 9.17) is 26.3 Å². The van der Waals surface area contributed by atoms with Gasteiger partial charge in [0.2, 0.25) is 5.91 Å². The maximum Gasteiger partial charge on any atom is 0.236 e. The number of hydrazone groups is 1. The van der Waals surface area contributed by atoms with E-state index in [1.54, 1.807) is 24.3 Å². The number of nitriles is 1. The molecule has 0 saturated carbocycles. The lowest BCUT2D eigenvalue weighted by molar-refractivity contribution is -0.118. The van der Waals surface area contributed by atoms with Gasteiger partial charge < -0.3 is 9.47 Å². The largest absolute Gasteiger partial charge is 0.493 e. The van der Waals surface area contributed by atoms with Gasteiger partial charge in [-0.25, -0.2) is 5.43 Å². The smallest absolute Gasteiger partial charge is 0.236 e. The van der Waals surface area contributed by atoms with Gasteiger partial charge in [-0.1, -0.05) is 29.8 Å². The van der Waals surface area contributed by atoms with Gasteiger partial charge in [0.15, 0.2) is 11.5 Å². The molecular weight excluding hydrogens is 342 g/mol. The Kier molecular flexibility index (Phi) is 6.38. The minimum absolute atomic E-state index is 0.180. The van der Waals surface area contributed by atoms with Crippen LogP contribution >= 0.6 is 11.6 Å². The van der Waals surface area contributed by atoms with Crippen molar-refractivity contribution in [3.05, 3.63) is 58.1 Å². The van der Waals surface area contributed by atoms with Crippen LogP contribution < -0.4 is 14.9 Å². The number of nitrogens with zero attached hydrogens (tertiary/aromatic N) is 2. The first-order chi connectivity index (χ1) is 12.0. The van der Waals surface area contributed by atoms with Crippen LogP contribution in [0.15, 0.2) is 41.5 Å². The second-order valence-corrected chi connectivity index (χ2v) is 5.43. The molecular formula is C18H16ClN3O3. The van der Waals surface area contributed by atoms with E-state index in [1.807, 2.05) is 12.1 Å². The second-order valence-electron chi connectivity index (χ2n) is 5.02. The lowest BCUT2D eigenvalue weighted by Crippen LogP contribution is -2.12. The molecule has 1 N–H and O–H groups in total. The van der Waals surface area contributed by atoms with Crippen LogP contribution in [0.3, 0.4) is 0 Å². The highest BCUT2D eigenvalue weighted by molar-refractivity contribution is 6.32. The Balaban J connectivity index is 2.22. The maximum absolute atomic E-state index is 10.8. The van der Waals surface area contributed by atoms with Crippen LogP contribution in [-0.2, 0) is 11.4 Å². The van der Waals surface area contributed by atoms with Crippen molar-refractivity contribution in [2.45, 2.75) is 13.5 Å². The summed E-state index contributed by atoms with van der Waals surface area (Å²) >= 11 is 6.28. The number of amides is 1. The van der Waals surface area contributed by atoms with Gasteiger partial charge in [0.1, 0.15) is 6.61 Å². The average Bonchev–Trinajstić information content (AvgIpc) is 2.60. The minimum Gasteiger partial charge on any atom is -0.493 e. The van der Waals surface area contributed by atoms with Gasteiger partial charge in [0.05, 0.1) is 30.0 Å². The zero-order valence-electron chi connectivity index (χ0n) is 13.7. The van der Waals surface area contributed by atoms with Crippen LogP contribution in [0.1, 0.15) is 23.6 Å². The van der Waals surface area contributed by atoms with Crippen LogP contribution in [0.25, 0.3) is 0 Å². The summed E-state index contributed by atoms with van der Waals surface area (Å²) in [6.45, 7) is 1.54. The van der Waals surface area contributed by atoms with Crippen molar-refractivity contribution in [1.29, 1.82) is 5.26 Å². The normalized spacial score (nSPS) is 10.3. The quantitative estimate of drug-likeness (QED) is 0.635. The fourth-order valence-electron chi connectivity index (χ4n) is 2.06. The van der Waals surface area contributed by atoms with E-state index in [9.17, 15) is 4.79 Å². The molecule has 0 aliphatic rings. The molecule has 2 aromatic rings. The van der Waals surface area contributed by atoms with Crippen LogP contribution in [0.4, 0.5) is 0 Å². The third-order valence-corrected chi connectivity index (χ3v) is 3.48. The highest BCUT2D eigenvalue weighted by Crippen LogP contribution is 2.36. The van der Waals surface area contributed by atoms with Crippen molar-refractivity contribution in [3.63, 3.8) is 0 Å². The molecule has 0 bridgehead atoms. The topological polar surface area (TPSA) is 83.7 Å². The Bertz CT molecular complexity index is 844. The summed E-state index contributed by atoms with van der Waals surface area (Å²) in [4.78, 5) is 10.8. The summed E-state index contributed by atoms with van der Waals surface area (Å²) in [5, 5.41) is 13.2. The minimum atomic E-state index is -0.273. The number of halogens is 1. The molecule has 0 atom stereocenters. The highest BCUT2D eigenvalue weighted by Gasteiger charge is 2.13. The predicted molar refractivity (Wildman–Crippen MR) is 94.9 cm³/mol. The third kappa shape index (κ3) is 4.96. The van der Waals surface area contributed by atoms with Crippen molar-refractivity contribution >= 4 is 23.7 Å². The maximum atomic E-state index is 10.8. The Labute approximate surface area is 150 Å². The fourth-order valence-corrected chi connectivity index (χ4v) is 2.33. The average molecular weight is 358 g/mol. The summed E-state index contributed by atoms with van der Waals surface area (Å²) in [5.74, 6) is 0.519. The van der Waals surface area contributed by atoms with Crippen LogP contribution in [0, 0.1) is 11.3 Å². The zero-order chi connectivity index (χ0) is 18.2. The van der Waals surface area contributed by atoms with E-state index in [1.165, 1.54) is 20.2 Å². The lowest BCUT2D eigenvalue weighted by atomic mass is 10.1. The number of ether oxygens (including phenoxy) is 2. The SMILES string of the molecule is COc1cc(/C=N\NC(C)=O)cc(Cl)c1OCc1ccccc1C#N. The Morgan fingerprint density at radius 2 is 2.16 bits per heavy atom. The van der Waals surface area contributed by atoms with Crippen molar-refractivity contribution in [2.24, 2.45) is 5.10 Å². The van der Waals surface area contributed by atoms with E-state index < -0.39 is 0 Å². The molecule has 0 radical (unpaired) electrons. The molecule has 6 nitrogen and oxygen atoms in total. The van der Waals surface area contributed by atoms with Crippen molar-refractivity contribution in [2.75, 3.05) is 7.11 Å². The fraction of sp³-hybridized carbons (Fsp3) is 0.167. The first-order valence-corrected chi connectivity index (χ1v) is 7.71. The van der Waals surface area contributed by atoms with Crippen molar-refractivity contribution in [1.82, 2.24) is 5.43 Å². The molecule has 0 aliphatic carbocycles. The van der Waals surface area contributed by atoms with Gasteiger partial charge in [-0.15, -0.1) is 0 Å². The number of hydrogen-bond donors (Lipinski definition) is 1. The van der Waals surface area contributed by atoms with Gasteiger partial charge in [-0.05, 0) is 23.8 Å². The van der Waals surface area contributed by atoms with Crippen molar-refractivity contribution in [3.8, 4) is 17.6 Å². The van der Waals surface area contributed by atoms with Crippen LogP contribution in [0.2, 0.25) is 5.02 Å². The molecule has 0 aromatic heterocycles. The number of hydrogen-bond acceptors (Lipinski definition) is 5. The molecule has 0 fully saturated rings. The Hall–Kier alpha value is -3.04. The summed E-state index contributed by atoms with van der Waals surface area (Å²) in [7, 11) is 1.50. The van der Waals surface area contributed by atoms with E-state index >= 15 is 0 Å². The molecule has 1 amide bonds. The summed E-state index contributed by atoms with van der Waals surface area (Å²) in [6, 6.07) is 12.6. The summed E-state index contributed by atoms with van der Waals surface area (Å²) in [5.41, 5.74) is 4.24. The lowest BCUT2D eigenvalue weighted by Gasteiger charge is -2.13. The number of nitrogens with one attached hydrogen (secondary N) is 1. The van der Waals surface area contributed by atoms with E-state index in [-0.39, 0.29) is 12.5 Å². The molecule has 0 aliphatic heterocycles. The monoisotopic (exact) mass is 357 g/mol. The van der Waals surface area contributed by atoms with E-state index in [0.29, 0.717) is 27.6 Å². The second kappa shape index (κ2) is 8.71. The molecule has 2 rings (SSSR count). The number of carbonyl (C=O) groups is 1. The molecule has 0 saturated heterocycles. The van der Waals surface area contributed by atoms with E-state index in [0.717, 1.165) is 5.56 Å². The van der Waals surface area contributed by atoms with Crippen molar-refractivity contribution < 1.29 is 14.3 Å². The summed E-state index contributed by atoms with van der Waals surface area (Å²) in [6.07, 6.45) is 1.45. The number of rotatable bonds is 6. The number of methoxy groups -OCH3 is 1. The first kappa shape index (κ1) is 18.3. The van der Waals surface area contributed by atoms with E-state index in [2.05, 4.69) is 16.6 Å². The van der Waals surface area contributed by atoms with Crippen LogP contribution in [-0.4, -0.2) is 19.2 Å².